The number of carboxylic acids is 1. The molecular weight excluding hydrogens is 408 g/mol. The minimum Gasteiger partial charge on any atom is -0.481 e. The lowest BCUT2D eigenvalue weighted by Crippen LogP contribution is -2.13. The molecule has 0 saturated carbocycles. The quantitative estimate of drug-likeness (QED) is 0.797. The molecule has 0 bridgehead atoms. The van der Waals surface area contributed by atoms with Crippen molar-refractivity contribution in [1.29, 1.82) is 0 Å². The summed E-state index contributed by atoms with van der Waals surface area (Å²) >= 11 is 7.67. The first-order valence-electron chi connectivity index (χ1n) is 6.13. The number of thiophene rings is 1. The van der Waals surface area contributed by atoms with E-state index >= 15 is 0 Å². The highest BCUT2D eigenvalue weighted by molar-refractivity contribution is 9.11. The molecule has 2 N–H and O–H groups in total. The molecule has 0 aromatic carbocycles. The Bertz CT molecular complexity index is 781. The van der Waals surface area contributed by atoms with Crippen molar-refractivity contribution in [2.45, 2.75) is 6.42 Å². The Hall–Kier alpha value is -1.16. The number of carbonyl (C=O) groups is 2. The Labute approximate surface area is 146 Å². The molecule has 1 fully saturated rings. The number of aliphatic carboxylic acids is 1. The van der Waals surface area contributed by atoms with Crippen molar-refractivity contribution in [3.05, 3.63) is 30.8 Å². The van der Waals surface area contributed by atoms with E-state index < -0.39 is 5.97 Å². The van der Waals surface area contributed by atoms with Gasteiger partial charge >= 0.3 is 5.97 Å². The molecule has 1 aliphatic heterocycles. The van der Waals surface area contributed by atoms with Crippen molar-refractivity contribution >= 4 is 68.3 Å². The van der Waals surface area contributed by atoms with Crippen LogP contribution in [0.15, 0.2) is 20.9 Å². The SMILES string of the molecule is O=C(O)Cc1sc(/C=C2\NC(=O)CS2)nc1-c1ccc(Br)s1. The van der Waals surface area contributed by atoms with E-state index in [0.29, 0.717) is 21.3 Å². The zero-order chi connectivity index (χ0) is 15.7. The lowest BCUT2D eigenvalue weighted by molar-refractivity contribution is -0.136. The first kappa shape index (κ1) is 15.7. The van der Waals surface area contributed by atoms with Crippen molar-refractivity contribution in [2.24, 2.45) is 0 Å². The summed E-state index contributed by atoms with van der Waals surface area (Å²) in [5, 5.41) is 13.3. The Morgan fingerprint density at radius 2 is 2.27 bits per heavy atom. The molecule has 0 aliphatic carbocycles. The number of thiazole rings is 1. The van der Waals surface area contributed by atoms with E-state index in [1.165, 1.54) is 34.4 Å². The summed E-state index contributed by atoms with van der Waals surface area (Å²) in [6.07, 6.45) is 1.73. The van der Waals surface area contributed by atoms with Crippen molar-refractivity contribution in [2.75, 3.05) is 5.75 Å². The number of carboxylic acid groups (broad SMARTS) is 1. The van der Waals surface area contributed by atoms with E-state index in [2.05, 4.69) is 26.2 Å². The van der Waals surface area contributed by atoms with Gasteiger partial charge in [-0.15, -0.1) is 22.7 Å². The largest absolute Gasteiger partial charge is 0.481 e. The Balaban J connectivity index is 1.97. The van der Waals surface area contributed by atoms with Crippen LogP contribution in [0.3, 0.4) is 0 Å². The Morgan fingerprint density at radius 1 is 1.45 bits per heavy atom. The van der Waals surface area contributed by atoms with Crippen LogP contribution >= 0.6 is 50.4 Å². The molecule has 3 rings (SSSR count). The third kappa shape index (κ3) is 3.60. The highest BCUT2D eigenvalue weighted by atomic mass is 79.9. The number of aromatic nitrogens is 1. The van der Waals surface area contributed by atoms with Crippen molar-refractivity contribution < 1.29 is 14.7 Å². The van der Waals surface area contributed by atoms with E-state index in [4.69, 9.17) is 5.11 Å². The predicted octanol–water partition coefficient (Wildman–Crippen LogP) is 3.42. The summed E-state index contributed by atoms with van der Waals surface area (Å²) in [7, 11) is 0. The van der Waals surface area contributed by atoms with Crippen LogP contribution in [-0.2, 0) is 16.0 Å². The molecule has 1 saturated heterocycles. The van der Waals surface area contributed by atoms with Gasteiger partial charge in [0, 0.05) is 11.0 Å². The molecule has 0 spiro atoms. The number of thioether (sulfide) groups is 1. The predicted molar refractivity (Wildman–Crippen MR) is 93.0 cm³/mol. The summed E-state index contributed by atoms with van der Waals surface area (Å²) in [5.74, 6) is -0.506. The fourth-order valence-corrected chi connectivity index (χ4v) is 5.16. The van der Waals surface area contributed by atoms with E-state index in [0.717, 1.165) is 13.7 Å². The standard InChI is InChI=1S/C13H9BrN2O3S3/c14-8-2-1-6(21-8)13-7(3-12(18)19)22-11(16-13)4-10-15-9(17)5-20-10/h1-2,4H,3,5H2,(H,15,17)(H,18,19)/b10-4+. The van der Waals surface area contributed by atoms with Gasteiger partial charge in [-0.25, -0.2) is 4.98 Å². The van der Waals surface area contributed by atoms with Gasteiger partial charge in [0.2, 0.25) is 5.91 Å². The van der Waals surface area contributed by atoms with E-state index in [1.54, 1.807) is 6.08 Å². The molecule has 1 amide bonds. The maximum atomic E-state index is 11.2. The van der Waals surface area contributed by atoms with Gasteiger partial charge in [0.15, 0.2) is 0 Å². The van der Waals surface area contributed by atoms with Crippen LogP contribution in [0.4, 0.5) is 0 Å². The zero-order valence-electron chi connectivity index (χ0n) is 11.0. The van der Waals surface area contributed by atoms with Crippen molar-refractivity contribution in [3.63, 3.8) is 0 Å². The summed E-state index contributed by atoms with van der Waals surface area (Å²) in [5.41, 5.74) is 0.698. The van der Waals surface area contributed by atoms with Crippen LogP contribution in [0.5, 0.6) is 0 Å². The van der Waals surface area contributed by atoms with Crippen LogP contribution in [0, 0.1) is 0 Å². The molecule has 1 aliphatic rings. The van der Waals surface area contributed by atoms with Crippen molar-refractivity contribution in [1.82, 2.24) is 10.3 Å². The third-order valence-electron chi connectivity index (χ3n) is 2.71. The lowest BCUT2D eigenvalue weighted by atomic mass is 10.2. The second-order valence-corrected chi connectivity index (χ2v) is 8.94. The number of halogens is 1. The number of hydrogen-bond acceptors (Lipinski definition) is 6. The molecule has 22 heavy (non-hydrogen) atoms. The summed E-state index contributed by atoms with van der Waals surface area (Å²) in [6.45, 7) is 0. The summed E-state index contributed by atoms with van der Waals surface area (Å²) in [6, 6.07) is 3.83. The topological polar surface area (TPSA) is 79.3 Å². The molecule has 114 valence electrons. The zero-order valence-corrected chi connectivity index (χ0v) is 15.0. The molecule has 0 unspecified atom stereocenters. The minimum absolute atomic E-state index is 0.0269. The van der Waals surface area contributed by atoms with Crippen LogP contribution in [0.1, 0.15) is 9.88 Å². The third-order valence-corrected chi connectivity index (χ3v) is 6.28. The molecule has 0 radical (unpaired) electrons. The fourth-order valence-electron chi connectivity index (χ4n) is 1.87. The Kier molecular flexibility index (Phi) is 4.67. The summed E-state index contributed by atoms with van der Waals surface area (Å²) < 4.78 is 0.968. The molecule has 2 aromatic heterocycles. The normalized spacial score (nSPS) is 16.2. The number of hydrogen-bond donors (Lipinski definition) is 2. The maximum Gasteiger partial charge on any atom is 0.308 e. The fraction of sp³-hybridized carbons (Fsp3) is 0.154. The number of nitrogens with zero attached hydrogens (tertiary/aromatic N) is 1. The van der Waals surface area contributed by atoms with E-state index in [-0.39, 0.29) is 12.3 Å². The molecule has 0 atom stereocenters. The van der Waals surface area contributed by atoms with Crippen molar-refractivity contribution in [3.8, 4) is 10.6 Å². The van der Waals surface area contributed by atoms with Gasteiger partial charge in [-0.3, -0.25) is 9.59 Å². The number of amides is 1. The first-order chi connectivity index (χ1) is 10.5. The number of carbonyl (C=O) groups excluding carboxylic acids is 1. The van der Waals surface area contributed by atoms with Gasteiger partial charge in [0.25, 0.3) is 0 Å². The lowest BCUT2D eigenvalue weighted by Gasteiger charge is -1.95. The molecular formula is C13H9BrN2O3S3. The minimum atomic E-state index is -0.886. The van der Waals surface area contributed by atoms with E-state index in [9.17, 15) is 9.59 Å². The molecule has 9 heteroatoms. The maximum absolute atomic E-state index is 11.2. The number of rotatable bonds is 4. The van der Waals surface area contributed by atoms with Crippen LogP contribution < -0.4 is 5.32 Å². The molecule has 5 nitrogen and oxygen atoms in total. The van der Waals surface area contributed by atoms with Crippen LogP contribution in [-0.4, -0.2) is 27.7 Å². The average molecular weight is 417 g/mol. The Morgan fingerprint density at radius 3 is 2.86 bits per heavy atom. The van der Waals surface area contributed by atoms with Gasteiger partial charge < -0.3 is 10.4 Å². The van der Waals surface area contributed by atoms with Crippen LogP contribution in [0.25, 0.3) is 16.6 Å². The first-order valence-corrected chi connectivity index (χ1v) is 9.54. The second-order valence-electron chi connectivity index (χ2n) is 4.34. The molecule has 2 aromatic rings. The monoisotopic (exact) mass is 416 g/mol. The van der Waals surface area contributed by atoms with Gasteiger partial charge in [-0.2, -0.15) is 0 Å². The smallest absolute Gasteiger partial charge is 0.308 e. The highest BCUT2D eigenvalue weighted by Crippen LogP contribution is 2.36. The number of nitrogens with one attached hydrogen (secondary N) is 1. The van der Waals surface area contributed by atoms with Gasteiger partial charge in [0.1, 0.15) is 5.01 Å². The van der Waals surface area contributed by atoms with E-state index in [1.807, 2.05) is 12.1 Å². The van der Waals surface area contributed by atoms with Gasteiger partial charge in [0.05, 0.1) is 31.6 Å². The summed E-state index contributed by atoms with van der Waals surface area (Å²) in [4.78, 5) is 28.4. The second kappa shape index (κ2) is 6.53. The van der Waals surface area contributed by atoms with Crippen LogP contribution in [0.2, 0.25) is 0 Å². The van der Waals surface area contributed by atoms with Gasteiger partial charge in [-0.1, -0.05) is 11.8 Å². The average Bonchev–Trinajstić information content (AvgIpc) is 3.11. The molecule has 3 heterocycles. The highest BCUT2D eigenvalue weighted by Gasteiger charge is 2.19. The van der Waals surface area contributed by atoms with Gasteiger partial charge in [-0.05, 0) is 28.1 Å².